The topological polar surface area (TPSA) is 24.9 Å². The maximum absolute atomic E-state index is 4.63. The number of nitrogens with zero attached hydrogens (tertiary/aromatic N) is 1. The lowest BCUT2D eigenvalue weighted by Crippen LogP contribution is -1.90. The fourth-order valence-electron chi connectivity index (χ4n) is 2.41. The minimum Gasteiger partial charge on any atom is -0.331 e. The van der Waals surface area contributed by atoms with Gasteiger partial charge in [-0.05, 0) is 29.7 Å². The lowest BCUT2D eigenvalue weighted by atomic mass is 10.1. The molecule has 0 radical (unpaired) electrons. The number of aromatic nitrogens is 1. The predicted octanol–water partition coefficient (Wildman–Crippen LogP) is 5.96. The quantitative estimate of drug-likeness (QED) is 0.480. The van der Waals surface area contributed by atoms with Crippen LogP contribution >= 0.6 is 27.3 Å². The van der Waals surface area contributed by atoms with Crippen molar-refractivity contribution in [3.8, 4) is 0 Å². The molecule has 0 spiro atoms. The third-order valence-corrected chi connectivity index (χ3v) is 5.05. The minimum absolute atomic E-state index is 0.920. The molecule has 2 nitrogen and oxygen atoms in total. The third kappa shape index (κ3) is 2.30. The Morgan fingerprint density at radius 1 is 0.857 bits per heavy atom. The van der Waals surface area contributed by atoms with Crippen LogP contribution in [-0.2, 0) is 0 Å². The fourth-order valence-corrected chi connectivity index (χ4v) is 3.77. The van der Waals surface area contributed by atoms with Crippen LogP contribution in [0.3, 0.4) is 0 Å². The lowest BCUT2D eigenvalue weighted by Gasteiger charge is -2.08. The molecule has 0 fully saturated rings. The van der Waals surface area contributed by atoms with Crippen LogP contribution in [0.5, 0.6) is 0 Å². The fraction of sp³-hybridized carbons (Fsp3) is 0. The van der Waals surface area contributed by atoms with Crippen LogP contribution in [0.25, 0.3) is 21.0 Å². The van der Waals surface area contributed by atoms with E-state index in [9.17, 15) is 0 Å². The number of rotatable bonds is 2. The average molecular weight is 355 g/mol. The van der Waals surface area contributed by atoms with Crippen molar-refractivity contribution in [1.82, 2.24) is 4.98 Å². The van der Waals surface area contributed by atoms with Gasteiger partial charge in [-0.25, -0.2) is 4.98 Å². The van der Waals surface area contributed by atoms with E-state index in [0.29, 0.717) is 0 Å². The first-order valence-corrected chi connectivity index (χ1v) is 8.22. The van der Waals surface area contributed by atoms with Crippen molar-refractivity contribution in [1.29, 1.82) is 0 Å². The second-order valence-electron chi connectivity index (χ2n) is 4.75. The van der Waals surface area contributed by atoms with E-state index >= 15 is 0 Å². The van der Waals surface area contributed by atoms with Crippen LogP contribution in [0.1, 0.15) is 0 Å². The molecule has 0 bridgehead atoms. The van der Waals surface area contributed by atoms with E-state index in [1.807, 2.05) is 18.2 Å². The highest BCUT2D eigenvalue weighted by atomic mass is 79.9. The van der Waals surface area contributed by atoms with Crippen LogP contribution in [-0.4, -0.2) is 4.98 Å². The Morgan fingerprint density at radius 3 is 2.48 bits per heavy atom. The summed E-state index contributed by atoms with van der Waals surface area (Å²) in [6.45, 7) is 0. The molecule has 4 rings (SSSR count). The van der Waals surface area contributed by atoms with Crippen molar-refractivity contribution >= 4 is 59.1 Å². The SMILES string of the molecule is Brc1ccc(Nc2nc3ccccc3s2)c2ccccc12. The van der Waals surface area contributed by atoms with Gasteiger partial charge < -0.3 is 5.32 Å². The lowest BCUT2D eigenvalue weighted by molar-refractivity contribution is 1.45. The smallest absolute Gasteiger partial charge is 0.188 e. The van der Waals surface area contributed by atoms with Crippen LogP contribution in [0.15, 0.2) is 65.1 Å². The summed E-state index contributed by atoms with van der Waals surface area (Å²) < 4.78 is 2.30. The first kappa shape index (κ1) is 12.8. The van der Waals surface area contributed by atoms with Gasteiger partial charge >= 0.3 is 0 Å². The van der Waals surface area contributed by atoms with Crippen LogP contribution in [0.4, 0.5) is 10.8 Å². The summed E-state index contributed by atoms with van der Waals surface area (Å²) in [5.74, 6) is 0. The maximum Gasteiger partial charge on any atom is 0.188 e. The number of thiazole rings is 1. The van der Waals surface area contributed by atoms with Gasteiger partial charge in [-0.1, -0.05) is 63.7 Å². The molecule has 102 valence electrons. The zero-order valence-electron chi connectivity index (χ0n) is 11.0. The van der Waals surface area contributed by atoms with E-state index in [0.717, 1.165) is 20.8 Å². The molecule has 21 heavy (non-hydrogen) atoms. The Balaban J connectivity index is 1.82. The molecular weight excluding hydrogens is 344 g/mol. The number of fused-ring (bicyclic) bond motifs is 2. The molecule has 0 saturated carbocycles. The van der Waals surface area contributed by atoms with E-state index in [1.54, 1.807) is 11.3 Å². The van der Waals surface area contributed by atoms with Gasteiger partial charge in [0.1, 0.15) is 0 Å². The molecule has 0 aliphatic carbocycles. The van der Waals surface area contributed by atoms with Gasteiger partial charge in [0, 0.05) is 15.5 Å². The van der Waals surface area contributed by atoms with Crippen LogP contribution in [0.2, 0.25) is 0 Å². The molecule has 3 aromatic carbocycles. The van der Waals surface area contributed by atoms with Gasteiger partial charge in [-0.15, -0.1) is 0 Å². The Morgan fingerprint density at radius 2 is 1.62 bits per heavy atom. The summed E-state index contributed by atoms with van der Waals surface area (Å²) in [4.78, 5) is 4.63. The van der Waals surface area contributed by atoms with Gasteiger partial charge in [-0.3, -0.25) is 0 Å². The largest absolute Gasteiger partial charge is 0.331 e. The maximum atomic E-state index is 4.63. The molecule has 0 aliphatic heterocycles. The van der Waals surface area contributed by atoms with Crippen molar-refractivity contribution in [2.45, 2.75) is 0 Å². The van der Waals surface area contributed by atoms with Gasteiger partial charge in [0.25, 0.3) is 0 Å². The second-order valence-corrected chi connectivity index (χ2v) is 6.64. The average Bonchev–Trinajstić information content (AvgIpc) is 2.93. The van der Waals surface area contributed by atoms with E-state index in [2.05, 4.69) is 68.7 Å². The summed E-state index contributed by atoms with van der Waals surface area (Å²) >= 11 is 5.27. The molecule has 0 unspecified atom stereocenters. The monoisotopic (exact) mass is 354 g/mol. The number of hydrogen-bond donors (Lipinski definition) is 1. The summed E-state index contributed by atoms with van der Waals surface area (Å²) in [6.07, 6.45) is 0. The number of para-hydroxylation sites is 1. The summed E-state index contributed by atoms with van der Waals surface area (Å²) in [5.41, 5.74) is 2.11. The number of hydrogen-bond acceptors (Lipinski definition) is 3. The standard InChI is InChI=1S/C17H11BrN2S/c18-13-9-10-14(12-6-2-1-5-11(12)13)19-17-20-15-7-3-4-8-16(15)21-17/h1-10H,(H,19,20). The van der Waals surface area contributed by atoms with Crippen LogP contribution in [0, 0.1) is 0 Å². The number of anilines is 2. The molecule has 0 atom stereocenters. The number of nitrogens with one attached hydrogen (secondary N) is 1. The zero-order chi connectivity index (χ0) is 14.2. The van der Waals surface area contributed by atoms with Crippen molar-refractivity contribution in [2.24, 2.45) is 0 Å². The van der Waals surface area contributed by atoms with E-state index < -0.39 is 0 Å². The molecule has 4 aromatic rings. The van der Waals surface area contributed by atoms with Gasteiger partial charge in [0.05, 0.1) is 10.2 Å². The van der Waals surface area contributed by atoms with Gasteiger partial charge in [-0.2, -0.15) is 0 Å². The van der Waals surface area contributed by atoms with Crippen molar-refractivity contribution < 1.29 is 0 Å². The highest BCUT2D eigenvalue weighted by Crippen LogP contribution is 2.34. The van der Waals surface area contributed by atoms with Gasteiger partial charge in [0.2, 0.25) is 0 Å². The van der Waals surface area contributed by atoms with Crippen molar-refractivity contribution in [3.63, 3.8) is 0 Å². The molecule has 1 heterocycles. The zero-order valence-corrected chi connectivity index (χ0v) is 13.4. The first-order valence-electron chi connectivity index (χ1n) is 6.61. The first-order chi connectivity index (χ1) is 10.3. The highest BCUT2D eigenvalue weighted by Gasteiger charge is 2.07. The molecular formula is C17H11BrN2S. The summed E-state index contributed by atoms with van der Waals surface area (Å²) in [7, 11) is 0. The Hall–Kier alpha value is -1.91. The summed E-state index contributed by atoms with van der Waals surface area (Å²) in [6, 6.07) is 20.7. The van der Waals surface area contributed by atoms with Crippen molar-refractivity contribution in [2.75, 3.05) is 5.32 Å². The second kappa shape index (κ2) is 5.13. The minimum atomic E-state index is 0.920. The van der Waals surface area contributed by atoms with Crippen molar-refractivity contribution in [3.05, 3.63) is 65.1 Å². The number of benzene rings is 3. The summed E-state index contributed by atoms with van der Waals surface area (Å²) in [5, 5.41) is 6.75. The number of halogens is 1. The predicted molar refractivity (Wildman–Crippen MR) is 94.6 cm³/mol. The molecule has 0 aliphatic rings. The molecule has 0 saturated heterocycles. The normalized spacial score (nSPS) is 11.1. The van der Waals surface area contributed by atoms with E-state index in [-0.39, 0.29) is 0 Å². The Labute approximate surface area is 134 Å². The molecule has 4 heteroatoms. The Kier molecular flexibility index (Phi) is 3.13. The third-order valence-electron chi connectivity index (χ3n) is 3.41. The highest BCUT2D eigenvalue weighted by molar-refractivity contribution is 9.10. The molecule has 0 amide bonds. The Bertz CT molecular complexity index is 913. The van der Waals surface area contributed by atoms with Crippen LogP contribution < -0.4 is 5.32 Å². The van der Waals surface area contributed by atoms with E-state index in [1.165, 1.54) is 15.5 Å². The molecule has 1 N–H and O–H groups in total. The van der Waals surface area contributed by atoms with Gasteiger partial charge in [0.15, 0.2) is 5.13 Å². The van der Waals surface area contributed by atoms with E-state index in [4.69, 9.17) is 0 Å². The molecule has 1 aromatic heterocycles.